The van der Waals surface area contributed by atoms with Gasteiger partial charge >= 0.3 is 0 Å². The summed E-state index contributed by atoms with van der Waals surface area (Å²) in [7, 11) is -2.27. The summed E-state index contributed by atoms with van der Waals surface area (Å²) in [6.07, 6.45) is 0. The van der Waals surface area contributed by atoms with E-state index in [2.05, 4.69) is 0 Å². The van der Waals surface area contributed by atoms with Crippen molar-refractivity contribution in [2.75, 3.05) is 24.4 Å². The van der Waals surface area contributed by atoms with Gasteiger partial charge in [0.25, 0.3) is 15.9 Å². The maximum Gasteiger partial charge on any atom is 0.264 e. The number of sulfonamides is 1. The van der Waals surface area contributed by atoms with Crippen molar-refractivity contribution in [1.29, 1.82) is 0 Å². The maximum absolute atomic E-state index is 12.8. The van der Waals surface area contributed by atoms with Gasteiger partial charge in [-0.2, -0.15) is 0 Å². The number of carbonyl (C=O) groups excluding carboxylic acids is 1. The average molecular weight is 381 g/mol. The minimum atomic E-state index is -3.73. The van der Waals surface area contributed by atoms with Crippen molar-refractivity contribution in [3.8, 4) is 0 Å². The summed E-state index contributed by atoms with van der Waals surface area (Å²) in [5.41, 5.74) is 0.882. The second-order valence-corrected chi connectivity index (χ2v) is 7.86. The molecule has 0 aliphatic rings. The lowest BCUT2D eigenvalue weighted by molar-refractivity contribution is 0.0773. The van der Waals surface area contributed by atoms with Gasteiger partial charge in [0.15, 0.2) is 0 Å². The zero-order valence-corrected chi connectivity index (χ0v) is 16.0. The molecule has 0 bridgehead atoms. The van der Waals surface area contributed by atoms with Crippen molar-refractivity contribution in [2.45, 2.75) is 18.7 Å². The highest BCUT2D eigenvalue weighted by molar-refractivity contribution is 7.92. The predicted octanol–water partition coefficient (Wildman–Crippen LogP) is 3.65. The van der Waals surface area contributed by atoms with Crippen LogP contribution in [-0.4, -0.2) is 39.4 Å². The molecular formula is C18H21ClN2O3S. The van der Waals surface area contributed by atoms with Crippen LogP contribution >= 0.6 is 11.6 Å². The van der Waals surface area contributed by atoms with Crippen LogP contribution in [0.3, 0.4) is 0 Å². The molecule has 0 saturated carbocycles. The van der Waals surface area contributed by atoms with Gasteiger partial charge in [-0.1, -0.05) is 17.7 Å². The summed E-state index contributed by atoms with van der Waals surface area (Å²) in [5.74, 6) is -0.121. The third-order valence-electron chi connectivity index (χ3n) is 3.98. The smallest absolute Gasteiger partial charge is 0.264 e. The number of rotatable bonds is 6. The summed E-state index contributed by atoms with van der Waals surface area (Å²) < 4.78 is 26.7. The minimum Gasteiger partial charge on any atom is -0.339 e. The average Bonchev–Trinajstić information content (AvgIpc) is 2.62. The van der Waals surface area contributed by atoms with Crippen LogP contribution in [0.4, 0.5) is 5.69 Å². The van der Waals surface area contributed by atoms with Gasteiger partial charge in [0.05, 0.1) is 10.6 Å². The number of anilines is 1. The Hall–Kier alpha value is -2.05. The highest BCUT2D eigenvalue weighted by atomic mass is 35.5. The second-order valence-electron chi connectivity index (χ2n) is 5.45. The van der Waals surface area contributed by atoms with E-state index < -0.39 is 10.0 Å². The molecule has 2 aromatic rings. The van der Waals surface area contributed by atoms with Gasteiger partial charge < -0.3 is 4.90 Å². The molecule has 134 valence electrons. The van der Waals surface area contributed by atoms with Crippen LogP contribution < -0.4 is 4.31 Å². The number of carbonyl (C=O) groups is 1. The van der Waals surface area contributed by atoms with E-state index in [1.54, 1.807) is 29.2 Å². The third kappa shape index (κ3) is 4.14. The summed E-state index contributed by atoms with van der Waals surface area (Å²) in [6, 6.07) is 12.6. The summed E-state index contributed by atoms with van der Waals surface area (Å²) in [6.45, 7) is 5.00. The molecule has 25 heavy (non-hydrogen) atoms. The van der Waals surface area contributed by atoms with Crippen molar-refractivity contribution < 1.29 is 13.2 Å². The molecule has 5 nitrogen and oxygen atoms in total. The van der Waals surface area contributed by atoms with Crippen LogP contribution in [0.5, 0.6) is 0 Å². The van der Waals surface area contributed by atoms with E-state index in [1.807, 2.05) is 13.8 Å². The second kappa shape index (κ2) is 7.89. The van der Waals surface area contributed by atoms with Crippen LogP contribution in [0.1, 0.15) is 24.2 Å². The SMILES string of the molecule is CCN(CC)C(=O)c1cccc(N(C)S(=O)(=O)c2ccc(Cl)cc2)c1. The number of hydrogen-bond donors (Lipinski definition) is 0. The molecule has 0 N–H and O–H groups in total. The molecular weight excluding hydrogens is 360 g/mol. The first-order valence-electron chi connectivity index (χ1n) is 7.95. The van der Waals surface area contributed by atoms with Crippen LogP contribution in [0, 0.1) is 0 Å². The Balaban J connectivity index is 2.36. The molecule has 0 aliphatic heterocycles. The summed E-state index contributed by atoms with van der Waals surface area (Å²) >= 11 is 5.82. The first-order chi connectivity index (χ1) is 11.8. The maximum atomic E-state index is 12.8. The minimum absolute atomic E-state index is 0.121. The monoisotopic (exact) mass is 380 g/mol. The Morgan fingerprint density at radius 2 is 1.64 bits per heavy atom. The van der Waals surface area contributed by atoms with Gasteiger partial charge in [0.2, 0.25) is 0 Å². The Morgan fingerprint density at radius 1 is 1.04 bits per heavy atom. The quantitative estimate of drug-likeness (QED) is 0.768. The number of nitrogens with zero attached hydrogens (tertiary/aromatic N) is 2. The Labute approximate surface area is 153 Å². The molecule has 0 fully saturated rings. The Morgan fingerprint density at radius 3 is 2.20 bits per heavy atom. The lowest BCUT2D eigenvalue weighted by Gasteiger charge is -2.22. The van der Waals surface area contributed by atoms with Crippen molar-refractivity contribution in [3.05, 3.63) is 59.1 Å². The predicted molar refractivity (Wildman–Crippen MR) is 101 cm³/mol. The van der Waals surface area contributed by atoms with Crippen LogP contribution in [0.25, 0.3) is 0 Å². The topological polar surface area (TPSA) is 57.7 Å². The number of benzene rings is 2. The molecule has 2 rings (SSSR count). The van der Waals surface area contributed by atoms with Gasteiger partial charge in [0, 0.05) is 30.7 Å². The fraction of sp³-hybridized carbons (Fsp3) is 0.278. The molecule has 0 aliphatic carbocycles. The van der Waals surface area contributed by atoms with E-state index in [-0.39, 0.29) is 10.8 Å². The first kappa shape index (κ1) is 19.3. The van der Waals surface area contributed by atoms with Crippen LogP contribution in [0.15, 0.2) is 53.4 Å². The van der Waals surface area contributed by atoms with Crippen LogP contribution in [0.2, 0.25) is 5.02 Å². The van der Waals surface area contributed by atoms with Crippen molar-refractivity contribution >= 4 is 33.2 Å². The molecule has 0 aromatic heterocycles. The van der Waals surface area contributed by atoms with Gasteiger partial charge in [0.1, 0.15) is 0 Å². The highest BCUT2D eigenvalue weighted by Gasteiger charge is 2.22. The van der Waals surface area contributed by atoms with E-state index in [0.29, 0.717) is 29.4 Å². The van der Waals surface area contributed by atoms with Gasteiger partial charge in [-0.15, -0.1) is 0 Å². The first-order valence-corrected chi connectivity index (χ1v) is 9.76. The zero-order chi connectivity index (χ0) is 18.6. The number of amides is 1. The summed E-state index contributed by atoms with van der Waals surface area (Å²) in [5, 5.41) is 0.466. The number of hydrogen-bond acceptors (Lipinski definition) is 3. The van der Waals surface area contributed by atoms with Gasteiger partial charge in [-0.05, 0) is 56.3 Å². The summed E-state index contributed by atoms with van der Waals surface area (Å²) in [4.78, 5) is 14.3. The Bertz CT molecular complexity index is 847. The molecule has 0 radical (unpaired) electrons. The van der Waals surface area contributed by atoms with Crippen LogP contribution in [-0.2, 0) is 10.0 Å². The highest BCUT2D eigenvalue weighted by Crippen LogP contribution is 2.24. The molecule has 1 amide bonds. The Kier molecular flexibility index (Phi) is 6.08. The van der Waals surface area contributed by atoms with Crippen molar-refractivity contribution in [2.24, 2.45) is 0 Å². The van der Waals surface area contributed by atoms with Crippen molar-refractivity contribution in [1.82, 2.24) is 4.90 Å². The fourth-order valence-corrected chi connectivity index (χ4v) is 3.74. The molecule has 0 atom stereocenters. The molecule has 7 heteroatoms. The standard InChI is InChI=1S/C18H21ClN2O3S/c1-4-21(5-2)18(22)14-7-6-8-16(13-14)20(3)25(23,24)17-11-9-15(19)10-12-17/h6-13H,4-5H2,1-3H3. The van der Waals surface area contributed by atoms with E-state index in [1.165, 1.54) is 31.3 Å². The molecule has 0 heterocycles. The normalized spacial score (nSPS) is 11.2. The third-order valence-corrected chi connectivity index (χ3v) is 6.03. The van der Waals surface area contributed by atoms with Crippen molar-refractivity contribution in [3.63, 3.8) is 0 Å². The van der Waals surface area contributed by atoms with Gasteiger partial charge in [-0.3, -0.25) is 9.10 Å². The number of halogens is 1. The van der Waals surface area contributed by atoms with E-state index >= 15 is 0 Å². The molecule has 0 unspecified atom stereocenters. The van der Waals surface area contributed by atoms with Gasteiger partial charge in [-0.25, -0.2) is 8.42 Å². The van der Waals surface area contributed by atoms with E-state index in [9.17, 15) is 13.2 Å². The fourth-order valence-electron chi connectivity index (χ4n) is 2.43. The molecule has 0 spiro atoms. The lowest BCUT2D eigenvalue weighted by atomic mass is 10.1. The van der Waals surface area contributed by atoms with E-state index in [0.717, 1.165) is 4.31 Å². The zero-order valence-electron chi connectivity index (χ0n) is 14.4. The lowest BCUT2D eigenvalue weighted by Crippen LogP contribution is -2.31. The largest absolute Gasteiger partial charge is 0.339 e. The van der Waals surface area contributed by atoms with E-state index in [4.69, 9.17) is 11.6 Å². The molecule has 2 aromatic carbocycles. The molecule has 0 saturated heterocycles.